The van der Waals surface area contributed by atoms with E-state index in [0.29, 0.717) is 15.5 Å². The van der Waals surface area contributed by atoms with E-state index in [1.54, 1.807) is 28.0 Å². The number of aromatic nitrogens is 2. The lowest BCUT2D eigenvalue weighted by molar-refractivity contribution is -0.895. The molecule has 23 heavy (non-hydrogen) atoms. The summed E-state index contributed by atoms with van der Waals surface area (Å²) in [4.78, 5) is 20.0. The first-order chi connectivity index (χ1) is 11.0. The normalized spacial score (nSPS) is 17.4. The Morgan fingerprint density at radius 1 is 1.43 bits per heavy atom. The molecule has 0 spiro atoms. The molecule has 4 rings (SSSR count). The fourth-order valence-electron chi connectivity index (χ4n) is 3.14. The highest BCUT2D eigenvalue weighted by atomic mass is 35.5. The van der Waals surface area contributed by atoms with Crippen molar-refractivity contribution >= 4 is 45.4 Å². The second kappa shape index (κ2) is 5.56. The van der Waals surface area contributed by atoms with Crippen molar-refractivity contribution in [2.45, 2.75) is 13.0 Å². The van der Waals surface area contributed by atoms with Crippen molar-refractivity contribution in [3.8, 4) is 5.69 Å². The Balaban J connectivity index is 2.04. The van der Waals surface area contributed by atoms with E-state index < -0.39 is 0 Å². The van der Waals surface area contributed by atoms with Crippen molar-refractivity contribution < 1.29 is 4.90 Å². The summed E-state index contributed by atoms with van der Waals surface area (Å²) in [6.07, 6.45) is 0.927. The van der Waals surface area contributed by atoms with Gasteiger partial charge in [0.25, 0.3) is 5.56 Å². The maximum Gasteiger partial charge on any atom is 0.267 e. The molecule has 3 aromatic rings. The second-order valence-corrected chi connectivity index (χ2v) is 7.82. The largest absolute Gasteiger partial charge is 0.333 e. The maximum atomic E-state index is 13.1. The minimum absolute atomic E-state index is 0.0527. The monoisotopic (exact) mass is 364 g/mol. The molecule has 118 valence electrons. The van der Waals surface area contributed by atoms with Crippen LogP contribution in [0.1, 0.15) is 10.4 Å². The summed E-state index contributed by atoms with van der Waals surface area (Å²) in [6.45, 7) is 2.01. The molecule has 1 atom stereocenters. The van der Waals surface area contributed by atoms with Gasteiger partial charge in [-0.3, -0.25) is 9.36 Å². The summed E-state index contributed by atoms with van der Waals surface area (Å²) in [5.41, 5.74) is 1.83. The van der Waals surface area contributed by atoms with Gasteiger partial charge in [-0.05, 0) is 36.0 Å². The lowest BCUT2D eigenvalue weighted by atomic mass is 10.1. The molecule has 2 N–H and O–H groups in total. The topological polar surface area (TPSA) is 42.2 Å². The third-order valence-electron chi connectivity index (χ3n) is 4.26. The highest BCUT2D eigenvalue weighted by Gasteiger charge is 2.24. The predicted octanol–water partition coefficient (Wildman–Crippen LogP) is 2.33. The van der Waals surface area contributed by atoms with Gasteiger partial charge in [-0.1, -0.05) is 17.7 Å². The Bertz CT molecular complexity index is 1030. The minimum Gasteiger partial charge on any atom is -0.333 e. The van der Waals surface area contributed by atoms with E-state index in [-0.39, 0.29) is 5.56 Å². The van der Waals surface area contributed by atoms with Crippen LogP contribution in [-0.4, -0.2) is 23.1 Å². The van der Waals surface area contributed by atoms with E-state index in [9.17, 15) is 4.79 Å². The van der Waals surface area contributed by atoms with Crippen LogP contribution in [0.4, 0.5) is 0 Å². The number of hydrogen-bond acceptors (Lipinski definition) is 3. The van der Waals surface area contributed by atoms with E-state index in [2.05, 4.69) is 12.0 Å². The highest BCUT2D eigenvalue weighted by molar-refractivity contribution is 7.71. The lowest BCUT2D eigenvalue weighted by Gasteiger charge is -2.19. The molecule has 1 unspecified atom stereocenters. The van der Waals surface area contributed by atoms with Gasteiger partial charge in [0.2, 0.25) is 0 Å². The van der Waals surface area contributed by atoms with Crippen molar-refractivity contribution in [2.75, 3.05) is 13.6 Å². The zero-order valence-corrected chi connectivity index (χ0v) is 14.9. The van der Waals surface area contributed by atoms with Crippen LogP contribution in [0, 0.1) is 4.77 Å². The smallest absolute Gasteiger partial charge is 0.267 e. The number of hydrogen-bond donors (Lipinski definition) is 2. The molecule has 0 aliphatic carbocycles. The fraction of sp³-hybridized carbons (Fsp3) is 0.250. The van der Waals surface area contributed by atoms with Gasteiger partial charge in [-0.15, -0.1) is 11.3 Å². The van der Waals surface area contributed by atoms with Crippen LogP contribution in [-0.2, 0) is 13.0 Å². The van der Waals surface area contributed by atoms with E-state index in [0.717, 1.165) is 29.7 Å². The van der Waals surface area contributed by atoms with Crippen LogP contribution in [0.5, 0.6) is 0 Å². The van der Waals surface area contributed by atoms with Crippen LogP contribution in [0.3, 0.4) is 0 Å². The van der Waals surface area contributed by atoms with E-state index in [1.165, 1.54) is 15.3 Å². The Morgan fingerprint density at radius 3 is 3.04 bits per heavy atom. The molecular weight excluding hydrogens is 350 g/mol. The zero-order chi connectivity index (χ0) is 16.1. The summed E-state index contributed by atoms with van der Waals surface area (Å²) in [5.74, 6) is 0. The summed E-state index contributed by atoms with van der Waals surface area (Å²) in [6, 6.07) is 7.21. The Morgan fingerprint density at radius 2 is 2.26 bits per heavy atom. The van der Waals surface area contributed by atoms with Crippen LogP contribution in [0.2, 0.25) is 5.02 Å². The first-order valence-electron chi connectivity index (χ1n) is 7.41. The molecule has 0 fully saturated rings. The van der Waals surface area contributed by atoms with Gasteiger partial charge in [-0.25, -0.2) is 0 Å². The molecule has 7 heteroatoms. The number of benzene rings is 1. The zero-order valence-electron chi connectivity index (χ0n) is 12.5. The molecule has 1 aliphatic rings. The fourth-order valence-corrected chi connectivity index (χ4v) is 5.03. The van der Waals surface area contributed by atoms with Gasteiger partial charge >= 0.3 is 0 Å². The Hall–Kier alpha value is -1.47. The molecule has 0 amide bonds. The number of fused-ring (bicyclic) bond motifs is 3. The Labute approximate surface area is 146 Å². The molecule has 2 aromatic heterocycles. The van der Waals surface area contributed by atoms with Gasteiger partial charge in [0.1, 0.15) is 11.4 Å². The lowest BCUT2D eigenvalue weighted by Crippen LogP contribution is -3.08. The van der Waals surface area contributed by atoms with Crippen molar-refractivity contribution in [3.63, 3.8) is 0 Å². The molecular formula is C16H15ClN3OS2+. The van der Waals surface area contributed by atoms with Gasteiger partial charge in [0, 0.05) is 11.4 Å². The van der Waals surface area contributed by atoms with Gasteiger partial charge in [0.15, 0.2) is 4.77 Å². The number of nitrogens with one attached hydrogen (secondary N) is 2. The van der Waals surface area contributed by atoms with Crippen molar-refractivity contribution in [1.82, 2.24) is 9.55 Å². The SMILES string of the molecule is C[NH+]1CCc2c(sc3[nH]c(=S)n(-c4cccc(Cl)c4)c(=O)c23)C1. The van der Waals surface area contributed by atoms with Gasteiger partial charge in [-0.2, -0.15) is 0 Å². The highest BCUT2D eigenvalue weighted by Crippen LogP contribution is 2.29. The Kier molecular flexibility index (Phi) is 3.65. The average molecular weight is 365 g/mol. The van der Waals surface area contributed by atoms with Crippen LogP contribution >= 0.6 is 35.2 Å². The van der Waals surface area contributed by atoms with Crippen LogP contribution < -0.4 is 10.5 Å². The number of aromatic amines is 1. The summed E-state index contributed by atoms with van der Waals surface area (Å²) in [7, 11) is 2.18. The quantitative estimate of drug-likeness (QED) is 0.651. The number of H-pyrrole nitrogens is 1. The molecule has 0 bridgehead atoms. The number of likely N-dealkylation sites (N-methyl/N-ethyl adjacent to an activating group) is 1. The molecule has 4 nitrogen and oxygen atoms in total. The number of quaternary nitrogens is 1. The molecule has 0 radical (unpaired) electrons. The first-order valence-corrected chi connectivity index (χ1v) is 9.01. The van der Waals surface area contributed by atoms with Gasteiger partial charge < -0.3 is 9.88 Å². The summed E-state index contributed by atoms with van der Waals surface area (Å²) >= 11 is 13.1. The van der Waals surface area contributed by atoms with Crippen LogP contribution in [0.15, 0.2) is 29.1 Å². The molecule has 0 saturated heterocycles. The average Bonchev–Trinajstić information content (AvgIpc) is 2.84. The summed E-state index contributed by atoms with van der Waals surface area (Å²) in [5, 5.41) is 1.37. The van der Waals surface area contributed by atoms with Crippen molar-refractivity contribution in [1.29, 1.82) is 0 Å². The second-order valence-electron chi connectivity index (χ2n) is 5.89. The van der Waals surface area contributed by atoms with Crippen molar-refractivity contribution in [2.24, 2.45) is 0 Å². The number of thiophene rings is 1. The number of nitrogens with zero attached hydrogens (tertiary/aromatic N) is 1. The van der Waals surface area contributed by atoms with Crippen molar-refractivity contribution in [3.05, 3.63) is 54.9 Å². The van der Waals surface area contributed by atoms with E-state index in [1.807, 2.05) is 12.1 Å². The number of rotatable bonds is 1. The predicted molar refractivity (Wildman–Crippen MR) is 96.8 cm³/mol. The van der Waals surface area contributed by atoms with Crippen LogP contribution in [0.25, 0.3) is 15.9 Å². The molecule has 3 heterocycles. The first kappa shape index (κ1) is 15.1. The van der Waals surface area contributed by atoms with E-state index >= 15 is 0 Å². The minimum atomic E-state index is -0.0527. The maximum absolute atomic E-state index is 13.1. The number of halogens is 1. The van der Waals surface area contributed by atoms with E-state index in [4.69, 9.17) is 23.8 Å². The molecule has 1 aliphatic heterocycles. The third-order valence-corrected chi connectivity index (χ3v) is 5.93. The summed E-state index contributed by atoms with van der Waals surface area (Å²) < 4.78 is 1.95. The third kappa shape index (κ3) is 2.46. The molecule has 1 aromatic carbocycles. The molecule has 0 saturated carbocycles. The standard InChI is InChI=1S/C16H14ClN3OS2/c1-19-6-5-11-12(8-19)23-14-13(11)15(21)20(16(22)18-14)10-4-2-3-9(17)7-10/h2-4,7H,5-6,8H2,1H3,(H,18,22)/p+1. The van der Waals surface area contributed by atoms with Gasteiger partial charge in [0.05, 0.1) is 29.5 Å².